The van der Waals surface area contributed by atoms with Gasteiger partial charge >= 0.3 is 0 Å². The maximum atomic E-state index is 13.1. The fourth-order valence-electron chi connectivity index (χ4n) is 2.31. The third kappa shape index (κ3) is 3.13. The summed E-state index contributed by atoms with van der Waals surface area (Å²) in [5, 5.41) is 0. The van der Waals surface area contributed by atoms with Gasteiger partial charge in [-0.05, 0) is 30.5 Å². The lowest BCUT2D eigenvalue weighted by Crippen LogP contribution is -2.57. The highest BCUT2D eigenvalue weighted by Gasteiger charge is 2.37. The number of halogens is 2. The fraction of sp³-hybridized carbons (Fsp3) is 0.500. The summed E-state index contributed by atoms with van der Waals surface area (Å²) < 4.78 is 31.2. The summed E-state index contributed by atoms with van der Waals surface area (Å²) in [5.74, 6) is -2.02. The van der Waals surface area contributed by atoms with Gasteiger partial charge < -0.3 is 15.4 Å². The van der Waals surface area contributed by atoms with Crippen molar-refractivity contribution in [3.63, 3.8) is 0 Å². The van der Waals surface area contributed by atoms with Gasteiger partial charge in [-0.1, -0.05) is 6.07 Å². The van der Waals surface area contributed by atoms with Gasteiger partial charge in [-0.15, -0.1) is 0 Å². The normalized spacial score (nSPS) is 17.8. The standard InChI is InChI=1S/C14H18F2N2O2/c1-18(9-10-2-3-11(15)12(16)8-10)13(19)14(17)4-6-20-7-5-14/h2-3,8H,4-7,9,17H2,1H3. The van der Waals surface area contributed by atoms with Crippen LogP contribution in [0.15, 0.2) is 18.2 Å². The van der Waals surface area contributed by atoms with E-state index in [0.717, 1.165) is 12.1 Å². The molecule has 0 aliphatic carbocycles. The highest BCUT2D eigenvalue weighted by Crippen LogP contribution is 2.21. The van der Waals surface area contributed by atoms with Crippen LogP contribution in [0.3, 0.4) is 0 Å². The summed E-state index contributed by atoms with van der Waals surface area (Å²) in [6.07, 6.45) is 0.932. The second-order valence-electron chi connectivity index (χ2n) is 5.18. The quantitative estimate of drug-likeness (QED) is 0.913. The molecule has 0 radical (unpaired) electrons. The molecular weight excluding hydrogens is 266 g/mol. The van der Waals surface area contributed by atoms with Crippen molar-refractivity contribution in [2.75, 3.05) is 20.3 Å². The minimum absolute atomic E-state index is 0.190. The molecule has 2 N–H and O–H groups in total. The number of carbonyl (C=O) groups is 1. The number of carbonyl (C=O) groups excluding carboxylic acids is 1. The van der Waals surface area contributed by atoms with Crippen molar-refractivity contribution in [3.05, 3.63) is 35.4 Å². The van der Waals surface area contributed by atoms with E-state index in [1.54, 1.807) is 7.05 Å². The van der Waals surface area contributed by atoms with E-state index in [0.29, 0.717) is 31.6 Å². The van der Waals surface area contributed by atoms with Gasteiger partial charge in [0, 0.05) is 26.8 Å². The van der Waals surface area contributed by atoms with Crippen LogP contribution in [0.25, 0.3) is 0 Å². The molecule has 20 heavy (non-hydrogen) atoms. The Kier molecular flexibility index (Phi) is 4.35. The van der Waals surface area contributed by atoms with E-state index in [1.165, 1.54) is 11.0 Å². The van der Waals surface area contributed by atoms with Gasteiger partial charge in [0.05, 0.1) is 5.54 Å². The van der Waals surface area contributed by atoms with Gasteiger partial charge in [0.25, 0.3) is 0 Å². The van der Waals surface area contributed by atoms with E-state index >= 15 is 0 Å². The van der Waals surface area contributed by atoms with E-state index in [2.05, 4.69) is 0 Å². The fourth-order valence-corrected chi connectivity index (χ4v) is 2.31. The molecule has 1 aromatic carbocycles. The van der Waals surface area contributed by atoms with Crippen molar-refractivity contribution in [1.82, 2.24) is 4.90 Å². The minimum atomic E-state index is -0.925. The molecule has 0 spiro atoms. The molecule has 1 aliphatic heterocycles. The number of ether oxygens (including phenoxy) is 1. The summed E-state index contributed by atoms with van der Waals surface area (Å²) in [5.41, 5.74) is 5.70. The van der Waals surface area contributed by atoms with Crippen LogP contribution in [0.4, 0.5) is 8.78 Å². The van der Waals surface area contributed by atoms with Gasteiger partial charge in [0.2, 0.25) is 5.91 Å². The maximum Gasteiger partial charge on any atom is 0.242 e. The van der Waals surface area contributed by atoms with Crippen LogP contribution in [0, 0.1) is 11.6 Å². The summed E-state index contributed by atoms with van der Waals surface area (Å²) in [6, 6.07) is 3.59. The SMILES string of the molecule is CN(Cc1ccc(F)c(F)c1)C(=O)C1(N)CCOCC1. The van der Waals surface area contributed by atoms with Crippen LogP contribution >= 0.6 is 0 Å². The number of hydrogen-bond acceptors (Lipinski definition) is 3. The highest BCUT2D eigenvalue weighted by molar-refractivity contribution is 5.86. The average molecular weight is 284 g/mol. The van der Waals surface area contributed by atoms with Crippen molar-refractivity contribution in [1.29, 1.82) is 0 Å². The topological polar surface area (TPSA) is 55.6 Å². The van der Waals surface area contributed by atoms with Gasteiger partial charge in [-0.25, -0.2) is 8.78 Å². The van der Waals surface area contributed by atoms with Gasteiger partial charge in [-0.3, -0.25) is 4.79 Å². The second-order valence-corrected chi connectivity index (χ2v) is 5.18. The van der Waals surface area contributed by atoms with Crippen LogP contribution in [0.5, 0.6) is 0 Å². The summed E-state index contributed by atoms with van der Waals surface area (Å²) in [4.78, 5) is 13.8. The number of nitrogens with two attached hydrogens (primary N) is 1. The molecule has 1 amide bonds. The summed E-state index contributed by atoms with van der Waals surface area (Å²) in [6.45, 7) is 1.11. The lowest BCUT2D eigenvalue weighted by atomic mass is 9.89. The molecule has 0 bridgehead atoms. The Morgan fingerprint density at radius 2 is 2.00 bits per heavy atom. The number of amides is 1. The van der Waals surface area contributed by atoms with E-state index in [9.17, 15) is 13.6 Å². The summed E-state index contributed by atoms with van der Waals surface area (Å²) in [7, 11) is 1.60. The Morgan fingerprint density at radius 1 is 1.35 bits per heavy atom. The van der Waals surface area contributed by atoms with Crippen LogP contribution in [0.2, 0.25) is 0 Å². The lowest BCUT2D eigenvalue weighted by Gasteiger charge is -2.35. The number of benzene rings is 1. The Hall–Kier alpha value is -1.53. The first-order valence-corrected chi connectivity index (χ1v) is 6.48. The van der Waals surface area contributed by atoms with Crippen LogP contribution in [-0.4, -0.2) is 36.6 Å². The molecule has 0 atom stereocenters. The van der Waals surface area contributed by atoms with Crippen molar-refractivity contribution >= 4 is 5.91 Å². The number of rotatable bonds is 3. The minimum Gasteiger partial charge on any atom is -0.381 e. The smallest absolute Gasteiger partial charge is 0.242 e. The molecule has 1 aliphatic rings. The van der Waals surface area contributed by atoms with Gasteiger partial charge in [-0.2, -0.15) is 0 Å². The van der Waals surface area contributed by atoms with E-state index < -0.39 is 17.2 Å². The molecule has 1 heterocycles. The molecule has 1 fully saturated rings. The Morgan fingerprint density at radius 3 is 2.60 bits per heavy atom. The zero-order valence-electron chi connectivity index (χ0n) is 11.4. The predicted molar refractivity (Wildman–Crippen MR) is 69.8 cm³/mol. The maximum absolute atomic E-state index is 13.1. The third-order valence-corrected chi connectivity index (χ3v) is 3.56. The van der Waals surface area contributed by atoms with Crippen molar-refractivity contribution in [2.45, 2.75) is 24.9 Å². The zero-order chi connectivity index (χ0) is 14.8. The number of hydrogen-bond donors (Lipinski definition) is 1. The third-order valence-electron chi connectivity index (χ3n) is 3.56. The monoisotopic (exact) mass is 284 g/mol. The average Bonchev–Trinajstić information content (AvgIpc) is 2.43. The van der Waals surface area contributed by atoms with E-state index in [1.807, 2.05) is 0 Å². The molecule has 4 nitrogen and oxygen atoms in total. The molecule has 2 rings (SSSR count). The number of nitrogens with zero attached hydrogens (tertiary/aromatic N) is 1. The Bertz CT molecular complexity index is 502. The van der Waals surface area contributed by atoms with Gasteiger partial charge in [0.15, 0.2) is 11.6 Å². The van der Waals surface area contributed by atoms with Crippen LogP contribution < -0.4 is 5.73 Å². The number of likely N-dealkylation sites (N-methyl/N-ethyl adjacent to an activating group) is 1. The predicted octanol–water partition coefficient (Wildman–Crippen LogP) is 1.43. The first-order valence-electron chi connectivity index (χ1n) is 6.48. The van der Waals surface area contributed by atoms with Crippen molar-refractivity contribution in [3.8, 4) is 0 Å². The Balaban J connectivity index is 2.05. The van der Waals surface area contributed by atoms with Crippen molar-refractivity contribution in [2.24, 2.45) is 5.73 Å². The van der Waals surface area contributed by atoms with Crippen molar-refractivity contribution < 1.29 is 18.3 Å². The lowest BCUT2D eigenvalue weighted by molar-refractivity contribution is -0.139. The summed E-state index contributed by atoms with van der Waals surface area (Å²) >= 11 is 0. The molecule has 0 unspecified atom stereocenters. The van der Waals surface area contributed by atoms with Crippen LogP contribution in [0.1, 0.15) is 18.4 Å². The molecule has 1 saturated heterocycles. The molecular formula is C14H18F2N2O2. The van der Waals surface area contributed by atoms with E-state index in [4.69, 9.17) is 10.5 Å². The second kappa shape index (κ2) is 5.85. The largest absolute Gasteiger partial charge is 0.381 e. The van der Waals surface area contributed by atoms with Gasteiger partial charge in [0.1, 0.15) is 0 Å². The molecule has 0 aromatic heterocycles. The van der Waals surface area contributed by atoms with Crippen LogP contribution in [-0.2, 0) is 16.1 Å². The first kappa shape index (κ1) is 14.9. The molecule has 0 saturated carbocycles. The van der Waals surface area contributed by atoms with E-state index in [-0.39, 0.29) is 12.5 Å². The Labute approximate surface area is 116 Å². The first-order chi connectivity index (χ1) is 9.42. The molecule has 1 aromatic rings. The zero-order valence-corrected chi connectivity index (χ0v) is 11.4. The molecule has 6 heteroatoms. The molecule has 110 valence electrons. The highest BCUT2D eigenvalue weighted by atomic mass is 19.2.